The topological polar surface area (TPSA) is 74.4 Å². The molecular weight excluding hydrogens is 301 g/mol. The Morgan fingerprint density at radius 3 is 2.59 bits per heavy atom. The van der Waals surface area contributed by atoms with Crippen LogP contribution in [-0.2, 0) is 4.74 Å². The lowest BCUT2D eigenvalue weighted by atomic mass is 10.1. The fourth-order valence-corrected chi connectivity index (χ4v) is 1.74. The van der Waals surface area contributed by atoms with Crippen molar-refractivity contribution < 1.29 is 27.4 Å². The Hall–Kier alpha value is -2.77. The number of aromatic nitrogens is 1. The average molecular weight is 312 g/mol. The van der Waals surface area contributed by atoms with Crippen molar-refractivity contribution in [1.29, 1.82) is 0 Å². The van der Waals surface area contributed by atoms with E-state index in [0.29, 0.717) is 5.56 Å². The first-order valence-corrected chi connectivity index (χ1v) is 6.01. The fourth-order valence-electron chi connectivity index (χ4n) is 1.74. The molecule has 1 aromatic heterocycles. The Morgan fingerprint density at radius 2 is 1.95 bits per heavy atom. The summed E-state index contributed by atoms with van der Waals surface area (Å²) in [5.41, 5.74) is 6.23. The van der Waals surface area contributed by atoms with Crippen molar-refractivity contribution >= 4 is 11.7 Å². The number of pyridine rings is 1. The number of carbonyl (C=O) groups is 1. The van der Waals surface area contributed by atoms with E-state index in [1.165, 1.54) is 31.4 Å². The highest BCUT2D eigenvalue weighted by Crippen LogP contribution is 2.28. The number of anilines is 1. The minimum atomic E-state index is -4.79. The number of hydrogen-bond acceptors (Lipinski definition) is 5. The van der Waals surface area contributed by atoms with E-state index in [9.17, 15) is 18.0 Å². The van der Waals surface area contributed by atoms with Crippen LogP contribution in [-0.4, -0.2) is 24.4 Å². The third kappa shape index (κ3) is 3.66. The number of hydrogen-bond donors (Lipinski definition) is 1. The largest absolute Gasteiger partial charge is 0.573 e. The number of alkyl halides is 3. The Balaban J connectivity index is 2.40. The van der Waals surface area contributed by atoms with E-state index in [1.54, 1.807) is 0 Å². The van der Waals surface area contributed by atoms with Crippen LogP contribution >= 0.6 is 0 Å². The zero-order valence-electron chi connectivity index (χ0n) is 11.3. The second-order valence-electron chi connectivity index (χ2n) is 4.20. The van der Waals surface area contributed by atoms with Crippen molar-refractivity contribution in [2.45, 2.75) is 6.36 Å². The zero-order valence-corrected chi connectivity index (χ0v) is 11.3. The van der Waals surface area contributed by atoms with E-state index in [4.69, 9.17) is 5.73 Å². The van der Waals surface area contributed by atoms with Gasteiger partial charge in [0.2, 0.25) is 0 Å². The summed E-state index contributed by atoms with van der Waals surface area (Å²) in [6, 6.07) is 8.14. The van der Waals surface area contributed by atoms with Gasteiger partial charge in [0.05, 0.1) is 18.5 Å². The van der Waals surface area contributed by atoms with Gasteiger partial charge in [-0.2, -0.15) is 0 Å². The second kappa shape index (κ2) is 5.92. The van der Waals surface area contributed by atoms with Crippen molar-refractivity contribution in [1.82, 2.24) is 4.98 Å². The van der Waals surface area contributed by atoms with E-state index < -0.39 is 12.3 Å². The van der Waals surface area contributed by atoms with Crippen molar-refractivity contribution in [3.8, 4) is 17.0 Å². The molecular formula is C14H11F3N2O3. The van der Waals surface area contributed by atoms with Crippen LogP contribution in [0.1, 0.15) is 10.5 Å². The highest BCUT2D eigenvalue weighted by molar-refractivity contribution is 5.93. The van der Waals surface area contributed by atoms with Crippen LogP contribution in [0.2, 0.25) is 0 Å². The van der Waals surface area contributed by atoms with Gasteiger partial charge >= 0.3 is 12.3 Å². The number of nitrogens with two attached hydrogens (primary N) is 1. The lowest BCUT2D eigenvalue weighted by Gasteiger charge is -2.10. The molecule has 2 N–H and O–H groups in total. The third-order valence-electron chi connectivity index (χ3n) is 2.67. The third-order valence-corrected chi connectivity index (χ3v) is 2.67. The molecule has 5 nitrogen and oxygen atoms in total. The summed E-state index contributed by atoms with van der Waals surface area (Å²) in [5.74, 6) is -1.12. The maximum absolute atomic E-state index is 12.2. The summed E-state index contributed by atoms with van der Waals surface area (Å²) in [6.07, 6.45) is -4.79. The number of rotatable bonds is 3. The van der Waals surface area contributed by atoms with Crippen molar-refractivity contribution in [3.63, 3.8) is 0 Å². The molecule has 2 aromatic rings. The quantitative estimate of drug-likeness (QED) is 0.882. The first-order chi connectivity index (χ1) is 10.3. The number of benzene rings is 1. The normalized spacial score (nSPS) is 11.1. The maximum Gasteiger partial charge on any atom is 0.573 e. The number of carbonyl (C=O) groups excluding carboxylic acids is 1. The van der Waals surface area contributed by atoms with Crippen LogP contribution < -0.4 is 10.5 Å². The van der Waals surface area contributed by atoms with Crippen LogP contribution in [0.3, 0.4) is 0 Å². The van der Waals surface area contributed by atoms with Gasteiger partial charge in [0.1, 0.15) is 5.75 Å². The molecule has 0 saturated carbocycles. The molecule has 0 fully saturated rings. The number of ether oxygens (including phenoxy) is 2. The molecule has 0 aliphatic rings. The number of methoxy groups -OCH3 is 1. The smallest absolute Gasteiger partial charge is 0.464 e. The molecule has 22 heavy (non-hydrogen) atoms. The fraction of sp³-hybridized carbons (Fsp3) is 0.143. The first kappa shape index (κ1) is 15.6. The monoisotopic (exact) mass is 312 g/mol. The number of nitrogen functional groups attached to an aromatic ring is 1. The van der Waals surface area contributed by atoms with Gasteiger partial charge < -0.3 is 15.2 Å². The van der Waals surface area contributed by atoms with Gasteiger partial charge in [-0.15, -0.1) is 13.2 Å². The SMILES string of the molecule is COC(=O)c1nc(-c2cccc(OC(F)(F)F)c2)ccc1N. The van der Waals surface area contributed by atoms with Gasteiger partial charge in [-0.25, -0.2) is 9.78 Å². The number of halogens is 3. The lowest BCUT2D eigenvalue weighted by Crippen LogP contribution is -2.17. The van der Waals surface area contributed by atoms with Gasteiger partial charge in [-0.3, -0.25) is 0 Å². The Labute approximate surface area is 123 Å². The molecule has 116 valence electrons. The molecule has 2 rings (SSSR count). The van der Waals surface area contributed by atoms with E-state index in [-0.39, 0.29) is 22.8 Å². The molecule has 0 radical (unpaired) electrons. The predicted octanol–water partition coefficient (Wildman–Crippen LogP) is 3.02. The minimum absolute atomic E-state index is 0.109. The molecule has 1 aromatic carbocycles. The van der Waals surface area contributed by atoms with Crippen LogP contribution in [0.4, 0.5) is 18.9 Å². The van der Waals surface area contributed by atoms with E-state index in [2.05, 4.69) is 14.5 Å². The van der Waals surface area contributed by atoms with Crippen LogP contribution in [0.25, 0.3) is 11.3 Å². The summed E-state index contributed by atoms with van der Waals surface area (Å²) in [7, 11) is 1.17. The average Bonchev–Trinajstić information content (AvgIpc) is 2.45. The van der Waals surface area contributed by atoms with E-state index in [0.717, 1.165) is 12.1 Å². The Kier molecular flexibility index (Phi) is 4.20. The molecule has 0 unspecified atom stereocenters. The standard InChI is InChI=1S/C14H11F3N2O3/c1-21-13(20)12-10(18)5-6-11(19-12)8-3-2-4-9(7-8)22-14(15,16)17/h2-7H,18H2,1H3. The highest BCUT2D eigenvalue weighted by atomic mass is 19.4. The highest BCUT2D eigenvalue weighted by Gasteiger charge is 2.31. The molecule has 0 amide bonds. The summed E-state index contributed by atoms with van der Waals surface area (Å²) >= 11 is 0. The van der Waals surface area contributed by atoms with Crippen molar-refractivity contribution in [2.24, 2.45) is 0 Å². The maximum atomic E-state index is 12.2. The van der Waals surface area contributed by atoms with Crippen LogP contribution in [0.15, 0.2) is 36.4 Å². The summed E-state index contributed by atoms with van der Waals surface area (Å²) in [5, 5.41) is 0. The first-order valence-electron chi connectivity index (χ1n) is 6.01. The second-order valence-corrected chi connectivity index (χ2v) is 4.20. The van der Waals surface area contributed by atoms with Crippen molar-refractivity contribution in [3.05, 3.63) is 42.1 Å². The number of esters is 1. The summed E-state index contributed by atoms with van der Waals surface area (Å²) < 4.78 is 45.1. The number of nitrogens with zero attached hydrogens (tertiary/aromatic N) is 1. The van der Waals surface area contributed by atoms with Crippen LogP contribution in [0, 0.1) is 0 Å². The van der Waals surface area contributed by atoms with Gasteiger partial charge in [0, 0.05) is 5.56 Å². The minimum Gasteiger partial charge on any atom is -0.464 e. The zero-order chi connectivity index (χ0) is 16.3. The van der Waals surface area contributed by atoms with Gasteiger partial charge in [-0.05, 0) is 24.3 Å². The van der Waals surface area contributed by atoms with E-state index >= 15 is 0 Å². The lowest BCUT2D eigenvalue weighted by molar-refractivity contribution is -0.274. The van der Waals surface area contributed by atoms with Crippen LogP contribution in [0.5, 0.6) is 5.75 Å². The summed E-state index contributed by atoms with van der Waals surface area (Å²) in [4.78, 5) is 15.5. The molecule has 0 aliphatic carbocycles. The Morgan fingerprint density at radius 1 is 1.23 bits per heavy atom. The molecule has 0 spiro atoms. The molecule has 0 saturated heterocycles. The van der Waals surface area contributed by atoms with E-state index in [1.807, 2.05) is 0 Å². The molecule has 1 heterocycles. The Bertz CT molecular complexity index is 702. The van der Waals surface area contributed by atoms with Gasteiger partial charge in [-0.1, -0.05) is 12.1 Å². The van der Waals surface area contributed by atoms with Crippen molar-refractivity contribution in [2.75, 3.05) is 12.8 Å². The van der Waals surface area contributed by atoms with Gasteiger partial charge in [0.25, 0.3) is 0 Å². The predicted molar refractivity (Wildman–Crippen MR) is 72.1 cm³/mol. The summed E-state index contributed by atoms with van der Waals surface area (Å²) in [6.45, 7) is 0. The molecule has 8 heteroatoms. The molecule has 0 aliphatic heterocycles. The molecule has 0 atom stereocenters. The van der Waals surface area contributed by atoms with Gasteiger partial charge in [0.15, 0.2) is 5.69 Å². The molecule has 0 bridgehead atoms.